The number of ether oxygens (including phenoxy) is 1. The molecule has 1 unspecified atom stereocenters. The first-order valence-corrected chi connectivity index (χ1v) is 7.26. The molecule has 0 radical (unpaired) electrons. The maximum atomic E-state index is 13.7. The number of aryl methyl sites for hydroxylation is 1. The van der Waals surface area contributed by atoms with E-state index in [9.17, 15) is 4.39 Å². The number of halogens is 1. The highest BCUT2D eigenvalue weighted by Gasteiger charge is 2.14. The van der Waals surface area contributed by atoms with Crippen molar-refractivity contribution in [2.75, 3.05) is 13.2 Å². The molecule has 0 spiro atoms. The summed E-state index contributed by atoms with van der Waals surface area (Å²) in [5.41, 5.74) is 1.55. The van der Waals surface area contributed by atoms with E-state index in [0.717, 1.165) is 37.1 Å². The second-order valence-corrected chi connectivity index (χ2v) is 5.02. The molecule has 0 fully saturated rings. The maximum absolute atomic E-state index is 13.7. The molecule has 19 heavy (non-hydrogen) atoms. The van der Waals surface area contributed by atoms with Crippen molar-refractivity contribution in [3.05, 3.63) is 29.1 Å². The predicted octanol–water partition coefficient (Wildman–Crippen LogP) is 4.37. The fourth-order valence-electron chi connectivity index (χ4n) is 1.93. The zero-order chi connectivity index (χ0) is 14.3. The summed E-state index contributed by atoms with van der Waals surface area (Å²) < 4.78 is 19.6. The van der Waals surface area contributed by atoms with Crippen LogP contribution in [0.1, 0.15) is 57.2 Å². The molecule has 1 N–H and O–H groups in total. The lowest BCUT2D eigenvalue weighted by atomic mass is 10.0. The fourth-order valence-corrected chi connectivity index (χ4v) is 1.93. The Bertz CT molecular complexity index is 393. The van der Waals surface area contributed by atoms with Gasteiger partial charge in [0.05, 0.1) is 6.61 Å². The van der Waals surface area contributed by atoms with Gasteiger partial charge >= 0.3 is 0 Å². The molecule has 3 heteroatoms. The predicted molar refractivity (Wildman–Crippen MR) is 78.2 cm³/mol. The van der Waals surface area contributed by atoms with Gasteiger partial charge in [0.25, 0.3) is 0 Å². The van der Waals surface area contributed by atoms with Crippen LogP contribution in [0.25, 0.3) is 0 Å². The Balaban J connectivity index is 2.88. The molecule has 1 atom stereocenters. The van der Waals surface area contributed by atoms with E-state index in [2.05, 4.69) is 19.2 Å². The van der Waals surface area contributed by atoms with Gasteiger partial charge in [0, 0.05) is 11.6 Å². The van der Waals surface area contributed by atoms with Crippen molar-refractivity contribution in [3.63, 3.8) is 0 Å². The lowest BCUT2D eigenvalue weighted by Gasteiger charge is -2.19. The van der Waals surface area contributed by atoms with Gasteiger partial charge in [-0.2, -0.15) is 0 Å². The van der Waals surface area contributed by atoms with Crippen LogP contribution in [-0.4, -0.2) is 13.2 Å². The average Bonchev–Trinajstić information content (AvgIpc) is 2.40. The molecular formula is C16H26FNO. The molecule has 1 aromatic carbocycles. The van der Waals surface area contributed by atoms with Gasteiger partial charge in [-0.1, -0.05) is 20.3 Å². The van der Waals surface area contributed by atoms with Crippen LogP contribution in [0, 0.1) is 12.7 Å². The van der Waals surface area contributed by atoms with Crippen LogP contribution in [0.4, 0.5) is 4.39 Å². The molecule has 0 aliphatic carbocycles. The summed E-state index contributed by atoms with van der Waals surface area (Å²) in [7, 11) is 0. The highest BCUT2D eigenvalue weighted by Crippen LogP contribution is 2.28. The molecule has 0 saturated heterocycles. The topological polar surface area (TPSA) is 21.3 Å². The summed E-state index contributed by atoms with van der Waals surface area (Å²) in [5, 5.41) is 3.38. The first kappa shape index (κ1) is 16.0. The Morgan fingerprint density at radius 3 is 2.63 bits per heavy atom. The van der Waals surface area contributed by atoms with Crippen molar-refractivity contribution in [1.29, 1.82) is 0 Å². The van der Waals surface area contributed by atoms with Gasteiger partial charge in [-0.25, -0.2) is 4.39 Å². The Hall–Kier alpha value is -1.09. The van der Waals surface area contributed by atoms with Gasteiger partial charge in [-0.3, -0.25) is 0 Å². The van der Waals surface area contributed by atoms with Crippen molar-refractivity contribution in [1.82, 2.24) is 5.32 Å². The second kappa shape index (κ2) is 8.16. The molecule has 0 saturated carbocycles. The Morgan fingerprint density at radius 1 is 1.26 bits per heavy atom. The lowest BCUT2D eigenvalue weighted by Crippen LogP contribution is -2.20. The smallest absolute Gasteiger partial charge is 0.126 e. The molecule has 0 amide bonds. The molecule has 0 aliphatic heterocycles. The summed E-state index contributed by atoms with van der Waals surface area (Å²) in [4.78, 5) is 0. The molecule has 0 aromatic heterocycles. The van der Waals surface area contributed by atoms with Crippen LogP contribution < -0.4 is 10.1 Å². The van der Waals surface area contributed by atoms with Gasteiger partial charge in [0.1, 0.15) is 11.6 Å². The van der Waals surface area contributed by atoms with Gasteiger partial charge in [0.15, 0.2) is 0 Å². The zero-order valence-electron chi connectivity index (χ0n) is 12.6. The minimum atomic E-state index is -0.164. The molecule has 1 aromatic rings. The highest BCUT2D eigenvalue weighted by molar-refractivity contribution is 5.40. The fraction of sp³-hybridized carbons (Fsp3) is 0.625. The van der Waals surface area contributed by atoms with Crippen LogP contribution in [0.3, 0.4) is 0 Å². The van der Waals surface area contributed by atoms with E-state index in [4.69, 9.17) is 4.74 Å². The summed E-state index contributed by atoms with van der Waals surface area (Å²) in [6, 6.07) is 3.51. The summed E-state index contributed by atoms with van der Waals surface area (Å²) >= 11 is 0. The third-order valence-electron chi connectivity index (χ3n) is 3.21. The largest absolute Gasteiger partial charge is 0.493 e. The van der Waals surface area contributed by atoms with Crippen LogP contribution in [0.15, 0.2) is 12.1 Å². The normalized spacial score (nSPS) is 12.5. The number of benzene rings is 1. The molecule has 0 aliphatic rings. The monoisotopic (exact) mass is 267 g/mol. The van der Waals surface area contributed by atoms with E-state index in [0.29, 0.717) is 12.2 Å². The third-order valence-corrected chi connectivity index (χ3v) is 3.21. The summed E-state index contributed by atoms with van der Waals surface area (Å²) in [5.74, 6) is 0.645. The van der Waals surface area contributed by atoms with E-state index in [1.54, 1.807) is 13.0 Å². The van der Waals surface area contributed by atoms with Crippen LogP contribution in [0.2, 0.25) is 0 Å². The Labute approximate surface area is 116 Å². The molecular weight excluding hydrogens is 241 g/mol. The Morgan fingerprint density at radius 2 is 2.00 bits per heavy atom. The highest BCUT2D eigenvalue weighted by atomic mass is 19.1. The molecule has 2 nitrogen and oxygen atoms in total. The SMILES string of the molecule is CCCCOc1cc(C)c(F)cc1C(C)NCCC. The van der Waals surface area contributed by atoms with E-state index >= 15 is 0 Å². The molecule has 108 valence electrons. The average molecular weight is 267 g/mol. The van der Waals surface area contributed by atoms with Crippen molar-refractivity contribution in [2.45, 2.75) is 53.0 Å². The quantitative estimate of drug-likeness (QED) is 0.706. The van der Waals surface area contributed by atoms with Gasteiger partial charge in [0.2, 0.25) is 0 Å². The third kappa shape index (κ3) is 4.83. The van der Waals surface area contributed by atoms with Gasteiger partial charge in [-0.05, 0) is 50.9 Å². The minimum Gasteiger partial charge on any atom is -0.493 e. The van der Waals surface area contributed by atoms with E-state index < -0.39 is 0 Å². The van der Waals surface area contributed by atoms with Crippen LogP contribution in [-0.2, 0) is 0 Å². The van der Waals surface area contributed by atoms with Crippen molar-refractivity contribution in [3.8, 4) is 5.75 Å². The molecule has 1 rings (SSSR count). The van der Waals surface area contributed by atoms with E-state index in [-0.39, 0.29) is 11.9 Å². The standard InChI is InChI=1S/C16H26FNO/c1-5-7-9-19-16-10-12(3)15(17)11-14(16)13(4)18-8-6-2/h10-11,13,18H,5-9H2,1-4H3. The van der Waals surface area contributed by atoms with Gasteiger partial charge < -0.3 is 10.1 Å². The van der Waals surface area contributed by atoms with Crippen LogP contribution >= 0.6 is 0 Å². The van der Waals surface area contributed by atoms with E-state index in [1.165, 1.54) is 0 Å². The lowest BCUT2D eigenvalue weighted by molar-refractivity contribution is 0.302. The minimum absolute atomic E-state index is 0.103. The maximum Gasteiger partial charge on any atom is 0.126 e. The number of hydrogen-bond acceptors (Lipinski definition) is 2. The first-order valence-electron chi connectivity index (χ1n) is 7.26. The number of rotatable bonds is 8. The zero-order valence-corrected chi connectivity index (χ0v) is 12.6. The second-order valence-electron chi connectivity index (χ2n) is 5.02. The molecule has 0 bridgehead atoms. The first-order chi connectivity index (χ1) is 9.10. The molecule has 0 heterocycles. The van der Waals surface area contributed by atoms with Gasteiger partial charge in [-0.15, -0.1) is 0 Å². The number of unbranched alkanes of at least 4 members (excludes halogenated alkanes) is 1. The van der Waals surface area contributed by atoms with Crippen molar-refractivity contribution >= 4 is 0 Å². The summed E-state index contributed by atoms with van der Waals surface area (Å²) in [6.07, 6.45) is 3.18. The van der Waals surface area contributed by atoms with Crippen molar-refractivity contribution < 1.29 is 9.13 Å². The van der Waals surface area contributed by atoms with Crippen molar-refractivity contribution in [2.24, 2.45) is 0 Å². The van der Waals surface area contributed by atoms with Crippen LogP contribution in [0.5, 0.6) is 5.75 Å². The number of hydrogen-bond donors (Lipinski definition) is 1. The number of nitrogens with one attached hydrogen (secondary N) is 1. The van der Waals surface area contributed by atoms with E-state index in [1.807, 2.05) is 13.0 Å². The summed E-state index contributed by atoms with van der Waals surface area (Å²) in [6.45, 7) is 9.68. The Kier molecular flexibility index (Phi) is 6.85.